The number of nitrogens with zero attached hydrogens (tertiary/aromatic N) is 4. The smallest absolute Gasteiger partial charge is 0.410 e. The zero-order chi connectivity index (χ0) is 27.4. The Morgan fingerprint density at radius 1 is 1.05 bits per heavy atom. The van der Waals surface area contributed by atoms with Gasteiger partial charge in [0.1, 0.15) is 11.1 Å². The van der Waals surface area contributed by atoms with E-state index in [0.717, 1.165) is 11.1 Å². The van der Waals surface area contributed by atoms with Crippen molar-refractivity contribution >= 4 is 34.6 Å². The maximum absolute atomic E-state index is 14.0. The van der Waals surface area contributed by atoms with Crippen molar-refractivity contribution in [3.8, 4) is 11.4 Å². The van der Waals surface area contributed by atoms with E-state index in [4.69, 9.17) is 16.3 Å². The van der Waals surface area contributed by atoms with E-state index in [9.17, 15) is 19.5 Å². The molecule has 1 aliphatic rings. The highest BCUT2D eigenvalue weighted by atomic mass is 35.5. The van der Waals surface area contributed by atoms with Crippen LogP contribution in [0, 0.1) is 6.92 Å². The molecule has 0 fully saturated rings. The second-order valence-electron chi connectivity index (χ2n) is 10.3. The second-order valence-corrected chi connectivity index (χ2v) is 10.8. The highest BCUT2D eigenvalue weighted by Gasteiger charge is 2.27. The first-order valence-electron chi connectivity index (χ1n) is 12.2. The molecule has 0 atom stereocenters. The third kappa shape index (κ3) is 4.65. The minimum atomic E-state index is -1.23. The van der Waals surface area contributed by atoms with Crippen LogP contribution in [0.25, 0.3) is 22.3 Å². The molecule has 0 spiro atoms. The second kappa shape index (κ2) is 9.33. The van der Waals surface area contributed by atoms with Crippen LogP contribution < -0.4 is 5.56 Å². The van der Waals surface area contributed by atoms with Crippen LogP contribution in [-0.2, 0) is 17.7 Å². The van der Waals surface area contributed by atoms with Crippen LogP contribution in [-0.4, -0.2) is 48.6 Å². The number of aromatic nitrogens is 3. The largest absolute Gasteiger partial charge is 0.476 e. The Kier molecular flexibility index (Phi) is 6.27. The van der Waals surface area contributed by atoms with E-state index >= 15 is 0 Å². The van der Waals surface area contributed by atoms with Crippen LogP contribution in [0.4, 0.5) is 4.79 Å². The zero-order valence-corrected chi connectivity index (χ0v) is 22.2. The van der Waals surface area contributed by atoms with Gasteiger partial charge >= 0.3 is 12.1 Å². The van der Waals surface area contributed by atoms with Crippen molar-refractivity contribution in [2.45, 2.75) is 46.3 Å². The molecule has 9 nitrogen and oxygen atoms in total. The molecular weight excluding hydrogens is 508 g/mol. The average molecular weight is 535 g/mol. The molecule has 38 heavy (non-hydrogen) atoms. The molecule has 1 N–H and O–H groups in total. The molecule has 0 radical (unpaired) electrons. The number of carbonyl (C=O) groups is 2. The van der Waals surface area contributed by atoms with Crippen molar-refractivity contribution in [1.82, 2.24) is 19.2 Å². The number of hydrogen-bond acceptors (Lipinski definition) is 5. The van der Waals surface area contributed by atoms with Crippen LogP contribution in [0.1, 0.15) is 48.1 Å². The number of halogens is 1. The van der Waals surface area contributed by atoms with Gasteiger partial charge in [-0.1, -0.05) is 23.7 Å². The Morgan fingerprint density at radius 2 is 1.82 bits per heavy atom. The molecule has 5 rings (SSSR count). The monoisotopic (exact) mass is 534 g/mol. The van der Waals surface area contributed by atoms with Crippen LogP contribution in [0.5, 0.6) is 0 Å². The fourth-order valence-electron chi connectivity index (χ4n) is 4.75. The van der Waals surface area contributed by atoms with Gasteiger partial charge < -0.3 is 14.7 Å². The predicted molar refractivity (Wildman–Crippen MR) is 144 cm³/mol. The molecule has 1 amide bonds. The molecule has 0 saturated carbocycles. The van der Waals surface area contributed by atoms with Crippen LogP contribution in [0.3, 0.4) is 0 Å². The molecule has 0 bridgehead atoms. The number of aryl methyl sites for hydroxylation is 1. The fraction of sp³-hybridized carbons (Fsp3) is 0.286. The van der Waals surface area contributed by atoms with Gasteiger partial charge in [0.05, 0.1) is 5.69 Å². The van der Waals surface area contributed by atoms with Gasteiger partial charge in [-0.15, -0.1) is 0 Å². The summed E-state index contributed by atoms with van der Waals surface area (Å²) in [6.45, 7) is 8.14. The van der Waals surface area contributed by atoms with Crippen molar-refractivity contribution < 1.29 is 19.4 Å². The topological polar surface area (TPSA) is 107 Å². The Labute approximate surface area is 223 Å². The third-order valence-corrected chi connectivity index (χ3v) is 6.64. The van der Waals surface area contributed by atoms with Crippen molar-refractivity contribution in [2.75, 3.05) is 6.54 Å². The van der Waals surface area contributed by atoms with E-state index in [1.54, 1.807) is 42.2 Å². The number of aromatic carboxylic acids is 1. The van der Waals surface area contributed by atoms with E-state index in [1.165, 1.54) is 9.25 Å². The summed E-state index contributed by atoms with van der Waals surface area (Å²) in [4.78, 5) is 40.3. The highest BCUT2D eigenvalue weighted by Crippen LogP contribution is 2.27. The number of benzene rings is 2. The predicted octanol–water partition coefficient (Wildman–Crippen LogP) is 5.13. The van der Waals surface area contributed by atoms with E-state index in [1.807, 2.05) is 39.0 Å². The molecule has 10 heteroatoms. The molecule has 2 aromatic heterocycles. The van der Waals surface area contributed by atoms with Crippen molar-refractivity contribution in [3.63, 3.8) is 0 Å². The van der Waals surface area contributed by atoms with E-state index in [-0.39, 0.29) is 22.7 Å². The highest BCUT2D eigenvalue weighted by molar-refractivity contribution is 6.30. The molecule has 2 aromatic carbocycles. The number of carboxylic acids is 1. The zero-order valence-electron chi connectivity index (χ0n) is 21.5. The summed E-state index contributed by atoms with van der Waals surface area (Å²) in [5.74, 6) is -1.23. The quantitative estimate of drug-likeness (QED) is 0.390. The standard InChI is InChI=1S/C28H27ClN4O5/c1-16-12-22-23(26(35)36)30-33(21-7-5-6-19(29)14-21)24(22)25(34)32(16)20-9-8-17-10-11-31(15-18(17)13-20)27(37)38-28(2,3)4/h5-9,12-14H,10-11,15H2,1-4H3,(H,35,36). The van der Waals surface area contributed by atoms with Crippen LogP contribution in [0.15, 0.2) is 53.3 Å². The minimum Gasteiger partial charge on any atom is -0.476 e. The van der Waals surface area contributed by atoms with E-state index < -0.39 is 17.1 Å². The Balaban J connectivity index is 1.63. The van der Waals surface area contributed by atoms with Gasteiger partial charge in [-0.05, 0) is 81.6 Å². The lowest BCUT2D eigenvalue weighted by molar-refractivity contribution is 0.0223. The number of rotatable bonds is 3. The fourth-order valence-corrected chi connectivity index (χ4v) is 4.94. The number of fused-ring (bicyclic) bond motifs is 2. The Bertz CT molecular complexity index is 1660. The normalized spacial score (nSPS) is 13.4. The lowest BCUT2D eigenvalue weighted by Gasteiger charge is -2.31. The molecule has 196 valence electrons. The number of ether oxygens (including phenoxy) is 1. The number of pyridine rings is 1. The first kappa shape index (κ1) is 25.5. The summed E-state index contributed by atoms with van der Waals surface area (Å²) >= 11 is 6.17. The molecule has 3 heterocycles. The number of hydrogen-bond donors (Lipinski definition) is 1. The third-order valence-electron chi connectivity index (χ3n) is 6.40. The van der Waals surface area contributed by atoms with Crippen molar-refractivity contribution in [3.05, 3.63) is 86.4 Å². The van der Waals surface area contributed by atoms with Gasteiger partial charge in [0.2, 0.25) is 0 Å². The molecule has 0 unspecified atom stereocenters. The van der Waals surface area contributed by atoms with Gasteiger partial charge in [-0.3, -0.25) is 9.36 Å². The van der Waals surface area contributed by atoms with E-state index in [0.29, 0.717) is 41.6 Å². The Hall–Kier alpha value is -4.11. The number of amides is 1. The van der Waals surface area contributed by atoms with Gasteiger partial charge in [0.15, 0.2) is 5.69 Å². The van der Waals surface area contributed by atoms with Crippen LogP contribution in [0.2, 0.25) is 5.02 Å². The number of carboxylic acid groups (broad SMARTS) is 1. The summed E-state index contributed by atoms with van der Waals surface area (Å²) in [6, 6.07) is 14.1. The maximum atomic E-state index is 14.0. The molecular formula is C28H27ClN4O5. The summed E-state index contributed by atoms with van der Waals surface area (Å²) in [6.07, 6.45) is 0.292. The van der Waals surface area contributed by atoms with E-state index in [2.05, 4.69) is 5.10 Å². The van der Waals surface area contributed by atoms with Crippen LogP contribution >= 0.6 is 11.6 Å². The summed E-state index contributed by atoms with van der Waals surface area (Å²) < 4.78 is 8.40. The first-order chi connectivity index (χ1) is 17.9. The average Bonchev–Trinajstić information content (AvgIpc) is 3.22. The van der Waals surface area contributed by atoms with Crippen molar-refractivity contribution in [1.29, 1.82) is 0 Å². The molecule has 0 saturated heterocycles. The first-order valence-corrected chi connectivity index (χ1v) is 12.6. The summed E-state index contributed by atoms with van der Waals surface area (Å²) in [5, 5.41) is 14.7. The van der Waals surface area contributed by atoms with Crippen molar-refractivity contribution in [2.24, 2.45) is 0 Å². The summed E-state index contributed by atoms with van der Waals surface area (Å²) in [5.41, 5.74) is 2.54. The van der Waals surface area contributed by atoms with Gasteiger partial charge in [-0.2, -0.15) is 5.10 Å². The van der Waals surface area contributed by atoms with Gasteiger partial charge in [-0.25, -0.2) is 14.3 Å². The lowest BCUT2D eigenvalue weighted by atomic mass is 9.99. The summed E-state index contributed by atoms with van der Waals surface area (Å²) in [7, 11) is 0. The Morgan fingerprint density at radius 3 is 2.50 bits per heavy atom. The SMILES string of the molecule is Cc1cc2c(C(=O)O)nn(-c3cccc(Cl)c3)c2c(=O)n1-c1ccc2c(c1)CN(C(=O)OC(C)(C)C)CC2. The molecule has 0 aliphatic carbocycles. The molecule has 4 aromatic rings. The van der Waals surface area contributed by atoms with Gasteiger partial charge in [0.25, 0.3) is 5.56 Å². The lowest BCUT2D eigenvalue weighted by Crippen LogP contribution is -2.40. The molecule has 1 aliphatic heterocycles. The van der Waals surface area contributed by atoms with Gasteiger partial charge in [0, 0.05) is 34.9 Å². The number of carbonyl (C=O) groups excluding carboxylic acids is 1. The maximum Gasteiger partial charge on any atom is 0.410 e. The minimum absolute atomic E-state index is 0.128.